The number of carbonyl (C=O) groups is 1. The molecule has 0 fully saturated rings. The van der Waals surface area contributed by atoms with Crippen molar-refractivity contribution in [2.24, 2.45) is 10.2 Å². The standard InChI is InChI=1S/C26H21Cl2N3O6S.Na/c1-3-37-22-12-16(27)8-9-20(22)29-26(33)18-11-15-6-4-5-7-17(15)24(25(18)32)31-30-21-13-19(28)23(10-14(21)2)38(34,35)36;/h4-13,32H,3H2,1-2H3,(H,29,33)(H,34,35,36);/q;+1/p-1. The molecule has 0 aliphatic rings. The van der Waals surface area contributed by atoms with Gasteiger partial charge in [0.2, 0.25) is 0 Å². The number of hydrogen-bond donors (Lipinski definition) is 2. The molecule has 13 heteroatoms. The zero-order valence-electron chi connectivity index (χ0n) is 21.0. The van der Waals surface area contributed by atoms with Crippen molar-refractivity contribution in [2.75, 3.05) is 11.9 Å². The summed E-state index contributed by atoms with van der Waals surface area (Å²) in [5, 5.41) is 25.5. The topological polar surface area (TPSA) is 140 Å². The molecule has 9 nitrogen and oxygen atoms in total. The summed E-state index contributed by atoms with van der Waals surface area (Å²) in [7, 11) is -4.54. The summed E-state index contributed by atoms with van der Waals surface area (Å²) >= 11 is 12.0. The Bertz CT molecular complexity index is 1710. The van der Waals surface area contributed by atoms with E-state index < -0.39 is 26.7 Å². The number of benzene rings is 4. The second-order valence-corrected chi connectivity index (χ2v) is 10.3. The van der Waals surface area contributed by atoms with Crippen molar-refractivity contribution in [3.63, 3.8) is 0 Å². The molecule has 4 aromatic rings. The number of amides is 1. The van der Waals surface area contributed by atoms with E-state index >= 15 is 0 Å². The van der Waals surface area contributed by atoms with Gasteiger partial charge in [-0.2, -0.15) is 18.6 Å². The third kappa shape index (κ3) is 6.90. The molecule has 0 heterocycles. The maximum absolute atomic E-state index is 13.4. The van der Waals surface area contributed by atoms with Crippen molar-refractivity contribution >= 4 is 67.1 Å². The summed E-state index contributed by atoms with van der Waals surface area (Å²) in [5.74, 6) is -1.01. The molecule has 4 rings (SSSR count). The van der Waals surface area contributed by atoms with Crippen molar-refractivity contribution in [3.05, 3.63) is 81.8 Å². The maximum atomic E-state index is 13.4. The van der Waals surface area contributed by atoms with Crippen molar-refractivity contribution in [3.8, 4) is 11.5 Å². The fourth-order valence-electron chi connectivity index (χ4n) is 3.70. The minimum atomic E-state index is -4.54. The SMILES string of the molecule is CCOc1cc(Cl)ccc1NC(=O)c1cc2ccccc2c(N=Nc2cc(Cl)c(S(=O)(=O)O)cc2C)c1[O-].[Na+]. The minimum Gasteiger partial charge on any atom is -0.870 e. The van der Waals surface area contributed by atoms with E-state index in [4.69, 9.17) is 27.9 Å². The van der Waals surface area contributed by atoms with E-state index in [1.54, 1.807) is 56.3 Å². The van der Waals surface area contributed by atoms with E-state index in [1.807, 2.05) is 0 Å². The van der Waals surface area contributed by atoms with Crippen LogP contribution in [-0.2, 0) is 10.1 Å². The van der Waals surface area contributed by atoms with E-state index in [1.165, 1.54) is 12.1 Å². The Labute approximate surface area is 256 Å². The summed E-state index contributed by atoms with van der Waals surface area (Å²) in [6.07, 6.45) is 0. The van der Waals surface area contributed by atoms with Gasteiger partial charge in [-0.3, -0.25) is 9.35 Å². The zero-order valence-corrected chi connectivity index (χ0v) is 25.4. The smallest absolute Gasteiger partial charge is 0.870 e. The molecule has 0 aliphatic carbocycles. The van der Waals surface area contributed by atoms with Crippen LogP contribution in [0.1, 0.15) is 22.8 Å². The van der Waals surface area contributed by atoms with Crippen LogP contribution >= 0.6 is 23.2 Å². The van der Waals surface area contributed by atoms with Gasteiger partial charge in [-0.1, -0.05) is 53.2 Å². The molecule has 0 spiro atoms. The Morgan fingerprint density at radius 2 is 1.79 bits per heavy atom. The second-order valence-electron chi connectivity index (χ2n) is 8.09. The molecule has 0 radical (unpaired) electrons. The van der Waals surface area contributed by atoms with Gasteiger partial charge in [0.15, 0.2) is 0 Å². The number of carbonyl (C=O) groups excluding carboxylic acids is 1. The summed E-state index contributed by atoms with van der Waals surface area (Å²) in [6.45, 7) is 3.67. The molecule has 0 aromatic heterocycles. The normalized spacial score (nSPS) is 11.4. The summed E-state index contributed by atoms with van der Waals surface area (Å²) in [4.78, 5) is 12.7. The first-order chi connectivity index (χ1) is 18.0. The van der Waals surface area contributed by atoms with Crippen LogP contribution in [0.15, 0.2) is 75.8 Å². The van der Waals surface area contributed by atoms with Crippen LogP contribution in [0.5, 0.6) is 11.5 Å². The van der Waals surface area contributed by atoms with Crippen LogP contribution in [0.3, 0.4) is 0 Å². The summed E-state index contributed by atoms with van der Waals surface area (Å²) < 4.78 is 37.9. The average molecular weight is 596 g/mol. The Kier molecular flexibility index (Phi) is 10.0. The van der Waals surface area contributed by atoms with Crippen LogP contribution in [0.2, 0.25) is 10.0 Å². The first-order valence-electron chi connectivity index (χ1n) is 11.2. The molecule has 0 unspecified atom stereocenters. The first-order valence-corrected chi connectivity index (χ1v) is 13.3. The number of fused-ring (bicyclic) bond motifs is 1. The monoisotopic (exact) mass is 595 g/mol. The van der Waals surface area contributed by atoms with E-state index in [0.29, 0.717) is 39.4 Å². The molecular formula is C26H20Cl2N3NaO6S. The number of nitrogens with one attached hydrogen (secondary N) is 1. The molecule has 0 bridgehead atoms. The van der Waals surface area contributed by atoms with Crippen molar-refractivity contribution in [1.29, 1.82) is 0 Å². The molecule has 0 aliphatic heterocycles. The Morgan fingerprint density at radius 1 is 1.08 bits per heavy atom. The van der Waals surface area contributed by atoms with Gasteiger partial charge >= 0.3 is 29.6 Å². The average Bonchev–Trinajstić information content (AvgIpc) is 2.86. The predicted octanol–water partition coefficient (Wildman–Crippen LogP) is 3.85. The third-order valence-corrected chi connectivity index (χ3v) is 7.05. The zero-order chi connectivity index (χ0) is 27.6. The largest absolute Gasteiger partial charge is 1.00 e. The van der Waals surface area contributed by atoms with Gasteiger partial charge in [0.25, 0.3) is 16.0 Å². The van der Waals surface area contributed by atoms with Gasteiger partial charge < -0.3 is 15.2 Å². The molecule has 0 atom stereocenters. The second kappa shape index (κ2) is 12.6. The molecule has 0 saturated carbocycles. The number of rotatable bonds is 7. The number of nitrogens with zero attached hydrogens (tertiary/aromatic N) is 2. The number of halogens is 2. The Morgan fingerprint density at radius 3 is 2.49 bits per heavy atom. The van der Waals surface area contributed by atoms with E-state index in [2.05, 4.69) is 15.5 Å². The van der Waals surface area contributed by atoms with Gasteiger partial charge in [0.1, 0.15) is 10.6 Å². The molecule has 39 heavy (non-hydrogen) atoms. The molecule has 0 saturated heterocycles. The number of anilines is 1. The number of aryl methyl sites for hydroxylation is 1. The molecule has 196 valence electrons. The van der Waals surface area contributed by atoms with Crippen molar-refractivity contribution in [2.45, 2.75) is 18.7 Å². The van der Waals surface area contributed by atoms with Crippen LogP contribution < -0.4 is 44.7 Å². The van der Waals surface area contributed by atoms with Crippen molar-refractivity contribution in [1.82, 2.24) is 0 Å². The summed E-state index contributed by atoms with van der Waals surface area (Å²) in [5.41, 5.74) is 0.572. The van der Waals surface area contributed by atoms with E-state index in [9.17, 15) is 22.9 Å². The van der Waals surface area contributed by atoms with E-state index in [-0.39, 0.29) is 51.5 Å². The van der Waals surface area contributed by atoms with Gasteiger partial charge in [-0.05, 0) is 55.1 Å². The van der Waals surface area contributed by atoms with Gasteiger partial charge in [-0.15, -0.1) is 0 Å². The van der Waals surface area contributed by atoms with E-state index in [0.717, 1.165) is 6.07 Å². The molecular weight excluding hydrogens is 576 g/mol. The number of hydrogen-bond acceptors (Lipinski definition) is 7. The molecule has 4 aromatic carbocycles. The minimum absolute atomic E-state index is 0. The van der Waals surface area contributed by atoms with Gasteiger partial charge in [0, 0.05) is 22.0 Å². The molecule has 2 N–H and O–H groups in total. The quantitative estimate of drug-likeness (QED) is 0.189. The van der Waals surface area contributed by atoms with Gasteiger partial charge in [0.05, 0.1) is 28.7 Å². The number of azo groups is 1. The van der Waals surface area contributed by atoms with Crippen LogP contribution in [0.25, 0.3) is 10.8 Å². The Hall–Kier alpha value is -2.70. The fraction of sp³-hybridized carbons (Fsp3) is 0.115. The van der Waals surface area contributed by atoms with Crippen LogP contribution in [0, 0.1) is 6.92 Å². The van der Waals surface area contributed by atoms with Crippen molar-refractivity contribution < 1.29 is 57.2 Å². The summed E-state index contributed by atoms with van der Waals surface area (Å²) in [6, 6.07) is 15.4. The maximum Gasteiger partial charge on any atom is 1.00 e. The predicted molar refractivity (Wildman–Crippen MR) is 144 cm³/mol. The van der Waals surface area contributed by atoms with Crippen LogP contribution in [0.4, 0.5) is 17.1 Å². The van der Waals surface area contributed by atoms with Crippen LogP contribution in [-0.4, -0.2) is 25.5 Å². The van der Waals surface area contributed by atoms with Gasteiger partial charge in [-0.25, -0.2) is 0 Å². The number of ether oxygens (including phenoxy) is 1. The Balaban J connectivity index is 0.00000420. The fourth-order valence-corrected chi connectivity index (χ4v) is 4.94. The first kappa shape index (κ1) is 30.8. The third-order valence-electron chi connectivity index (χ3n) is 5.50. The molecule has 1 amide bonds.